The SMILES string of the molecule is CS(=O)(=O)Cc1c(C(=O)N2CCCC(c3nc4ccccc4o3)C2)oc2ccccc12. The predicted octanol–water partition coefficient (Wildman–Crippen LogP) is 4.14. The van der Waals surface area contributed by atoms with Gasteiger partial charge >= 0.3 is 0 Å². The van der Waals surface area contributed by atoms with Crippen molar-refractivity contribution in [2.45, 2.75) is 24.5 Å². The van der Waals surface area contributed by atoms with E-state index in [1.807, 2.05) is 30.3 Å². The summed E-state index contributed by atoms with van der Waals surface area (Å²) in [4.78, 5) is 19.7. The molecule has 1 saturated heterocycles. The smallest absolute Gasteiger partial charge is 0.289 e. The fraction of sp³-hybridized carbons (Fsp3) is 0.304. The molecule has 1 aliphatic rings. The van der Waals surface area contributed by atoms with Crippen molar-refractivity contribution >= 4 is 37.8 Å². The van der Waals surface area contributed by atoms with Gasteiger partial charge in [0.2, 0.25) is 0 Å². The number of carbonyl (C=O) groups excluding carboxylic acids is 1. The Hall–Kier alpha value is -3.13. The molecule has 0 saturated carbocycles. The lowest BCUT2D eigenvalue weighted by atomic mass is 9.97. The summed E-state index contributed by atoms with van der Waals surface area (Å²) in [6.07, 6.45) is 2.83. The second kappa shape index (κ2) is 7.53. The number of aromatic nitrogens is 1. The lowest BCUT2D eigenvalue weighted by Gasteiger charge is -2.30. The van der Waals surface area contributed by atoms with Crippen LogP contribution in [0.5, 0.6) is 0 Å². The van der Waals surface area contributed by atoms with Gasteiger partial charge in [0.15, 0.2) is 27.1 Å². The van der Waals surface area contributed by atoms with Gasteiger partial charge in [0.25, 0.3) is 5.91 Å². The monoisotopic (exact) mass is 438 g/mol. The van der Waals surface area contributed by atoms with Crippen LogP contribution in [0.25, 0.3) is 22.1 Å². The van der Waals surface area contributed by atoms with Crippen LogP contribution >= 0.6 is 0 Å². The van der Waals surface area contributed by atoms with Gasteiger partial charge in [-0.1, -0.05) is 30.3 Å². The van der Waals surface area contributed by atoms with E-state index >= 15 is 0 Å². The zero-order valence-corrected chi connectivity index (χ0v) is 17.9. The third kappa shape index (κ3) is 3.83. The van der Waals surface area contributed by atoms with Crippen LogP contribution in [0, 0.1) is 0 Å². The van der Waals surface area contributed by atoms with Crippen molar-refractivity contribution in [2.75, 3.05) is 19.3 Å². The van der Waals surface area contributed by atoms with Crippen molar-refractivity contribution < 1.29 is 22.0 Å². The van der Waals surface area contributed by atoms with Crippen LogP contribution in [-0.2, 0) is 15.6 Å². The number of likely N-dealkylation sites (tertiary alicyclic amines) is 1. The number of oxazole rings is 1. The van der Waals surface area contributed by atoms with Gasteiger partial charge in [-0.2, -0.15) is 0 Å². The average molecular weight is 439 g/mol. The molecule has 2 aromatic heterocycles. The van der Waals surface area contributed by atoms with Crippen LogP contribution in [-0.4, -0.2) is 43.6 Å². The predicted molar refractivity (Wildman–Crippen MR) is 117 cm³/mol. The Bertz CT molecular complexity index is 1350. The van der Waals surface area contributed by atoms with E-state index in [0.717, 1.165) is 30.2 Å². The van der Waals surface area contributed by atoms with Gasteiger partial charge in [0.1, 0.15) is 11.1 Å². The number of hydrogen-bond donors (Lipinski definition) is 0. The Morgan fingerprint density at radius 3 is 2.61 bits per heavy atom. The fourth-order valence-electron chi connectivity index (χ4n) is 4.25. The number of nitrogens with zero attached hydrogens (tertiary/aromatic N) is 2. The summed E-state index contributed by atoms with van der Waals surface area (Å²) >= 11 is 0. The van der Waals surface area contributed by atoms with E-state index in [1.165, 1.54) is 0 Å². The van der Waals surface area contributed by atoms with Gasteiger partial charge in [-0.15, -0.1) is 0 Å². The van der Waals surface area contributed by atoms with Crippen molar-refractivity contribution in [3.05, 3.63) is 65.7 Å². The molecule has 0 spiro atoms. The zero-order valence-electron chi connectivity index (χ0n) is 17.1. The number of carbonyl (C=O) groups is 1. The maximum atomic E-state index is 13.4. The minimum Gasteiger partial charge on any atom is -0.451 e. The topological polar surface area (TPSA) is 93.6 Å². The summed E-state index contributed by atoms with van der Waals surface area (Å²) in [6, 6.07) is 14.7. The Balaban J connectivity index is 1.47. The number of furan rings is 1. The highest BCUT2D eigenvalue weighted by Gasteiger charge is 2.32. The highest BCUT2D eigenvalue weighted by molar-refractivity contribution is 7.89. The molecule has 31 heavy (non-hydrogen) atoms. The Labute approximate surface area is 179 Å². The highest BCUT2D eigenvalue weighted by Crippen LogP contribution is 2.32. The first-order valence-corrected chi connectivity index (χ1v) is 12.3. The second-order valence-corrected chi connectivity index (χ2v) is 10.2. The van der Waals surface area contributed by atoms with Crippen LogP contribution in [0.3, 0.4) is 0 Å². The maximum Gasteiger partial charge on any atom is 0.289 e. The summed E-state index contributed by atoms with van der Waals surface area (Å²) in [6.45, 7) is 1.02. The largest absolute Gasteiger partial charge is 0.451 e. The van der Waals surface area contributed by atoms with Crippen molar-refractivity contribution in [2.24, 2.45) is 0 Å². The molecule has 1 fully saturated rings. The molecule has 0 radical (unpaired) electrons. The molecule has 1 atom stereocenters. The molecule has 8 heteroatoms. The van der Waals surface area contributed by atoms with Gasteiger partial charge in [-0.25, -0.2) is 13.4 Å². The normalized spacial score (nSPS) is 17.5. The van der Waals surface area contributed by atoms with Gasteiger partial charge in [-0.3, -0.25) is 4.79 Å². The fourth-order valence-corrected chi connectivity index (χ4v) is 5.06. The number of piperidine rings is 1. The molecule has 0 N–H and O–H groups in total. The number of para-hydroxylation sites is 3. The molecule has 1 unspecified atom stereocenters. The highest BCUT2D eigenvalue weighted by atomic mass is 32.2. The summed E-state index contributed by atoms with van der Waals surface area (Å²) in [5, 5.41) is 0.656. The van der Waals surface area contributed by atoms with Crippen LogP contribution < -0.4 is 0 Å². The van der Waals surface area contributed by atoms with Gasteiger partial charge in [-0.05, 0) is 31.0 Å². The van der Waals surface area contributed by atoms with Crippen molar-refractivity contribution in [1.82, 2.24) is 9.88 Å². The molecule has 4 aromatic rings. The van der Waals surface area contributed by atoms with E-state index < -0.39 is 9.84 Å². The number of rotatable bonds is 4. The number of amides is 1. The number of benzene rings is 2. The minimum atomic E-state index is -3.35. The van der Waals surface area contributed by atoms with E-state index in [0.29, 0.717) is 35.5 Å². The molecule has 3 heterocycles. The summed E-state index contributed by atoms with van der Waals surface area (Å²) in [7, 11) is -3.35. The minimum absolute atomic E-state index is 0.0205. The van der Waals surface area contributed by atoms with Gasteiger partial charge in [0.05, 0.1) is 11.7 Å². The zero-order chi connectivity index (χ0) is 21.6. The van der Waals surface area contributed by atoms with Crippen molar-refractivity contribution in [1.29, 1.82) is 0 Å². The maximum absolute atomic E-state index is 13.4. The van der Waals surface area contributed by atoms with E-state index in [4.69, 9.17) is 8.83 Å². The third-order valence-electron chi connectivity index (χ3n) is 5.67. The number of sulfone groups is 1. The van der Waals surface area contributed by atoms with E-state index in [2.05, 4.69) is 4.98 Å². The molecule has 0 bridgehead atoms. The Kier molecular flexibility index (Phi) is 4.81. The quantitative estimate of drug-likeness (QED) is 0.475. The first-order chi connectivity index (χ1) is 14.9. The number of hydrogen-bond acceptors (Lipinski definition) is 6. The van der Waals surface area contributed by atoms with Crippen molar-refractivity contribution in [3.8, 4) is 0 Å². The molecule has 1 amide bonds. The molecule has 5 rings (SSSR count). The molecular weight excluding hydrogens is 416 g/mol. The van der Waals surface area contributed by atoms with E-state index in [1.54, 1.807) is 23.1 Å². The summed E-state index contributed by atoms with van der Waals surface area (Å²) in [5.74, 6) is 0.168. The van der Waals surface area contributed by atoms with Crippen LogP contribution in [0.2, 0.25) is 0 Å². The molecule has 2 aromatic carbocycles. The molecule has 7 nitrogen and oxygen atoms in total. The van der Waals surface area contributed by atoms with Crippen LogP contribution in [0.4, 0.5) is 0 Å². The summed E-state index contributed by atoms with van der Waals surface area (Å²) in [5.41, 5.74) is 2.46. The van der Waals surface area contributed by atoms with Crippen LogP contribution in [0.1, 0.15) is 40.8 Å². The molecule has 1 aliphatic heterocycles. The van der Waals surface area contributed by atoms with Crippen LogP contribution in [0.15, 0.2) is 57.4 Å². The third-order valence-corrected chi connectivity index (χ3v) is 6.48. The summed E-state index contributed by atoms with van der Waals surface area (Å²) < 4.78 is 35.8. The van der Waals surface area contributed by atoms with Gasteiger partial charge in [0, 0.05) is 30.3 Å². The molecule has 0 aliphatic carbocycles. The number of fused-ring (bicyclic) bond motifs is 2. The lowest BCUT2D eigenvalue weighted by Crippen LogP contribution is -2.39. The Morgan fingerprint density at radius 2 is 1.84 bits per heavy atom. The first-order valence-electron chi connectivity index (χ1n) is 10.2. The Morgan fingerprint density at radius 1 is 1.10 bits per heavy atom. The van der Waals surface area contributed by atoms with Crippen molar-refractivity contribution in [3.63, 3.8) is 0 Å². The van der Waals surface area contributed by atoms with E-state index in [-0.39, 0.29) is 23.3 Å². The first kappa shape index (κ1) is 19.8. The van der Waals surface area contributed by atoms with Gasteiger partial charge < -0.3 is 13.7 Å². The molecule has 160 valence electrons. The molecular formula is C23H22N2O5S. The second-order valence-electron chi connectivity index (χ2n) is 8.09. The average Bonchev–Trinajstić information content (AvgIpc) is 3.34. The van der Waals surface area contributed by atoms with E-state index in [9.17, 15) is 13.2 Å². The lowest BCUT2D eigenvalue weighted by molar-refractivity contribution is 0.0668. The standard InChI is InChI=1S/C23H22N2O5S/c1-31(27,28)14-17-16-8-2-4-10-19(16)29-21(17)23(26)25-12-6-7-15(13-25)22-24-18-9-3-5-11-20(18)30-22/h2-5,8-11,15H,6-7,12-14H2,1H3.